The van der Waals surface area contributed by atoms with E-state index in [9.17, 15) is 14.2 Å². The molecule has 0 saturated carbocycles. The summed E-state index contributed by atoms with van der Waals surface area (Å²) in [4.78, 5) is 36.4. The fraction of sp³-hybridized carbons (Fsp3) is 0.333. The third-order valence-electron chi connectivity index (χ3n) is 3.53. The minimum Gasteiger partial charge on any atom is -0.399 e. The van der Waals surface area contributed by atoms with Gasteiger partial charge in [0.25, 0.3) is 5.08 Å². The Morgan fingerprint density at radius 1 is 1.16 bits per heavy atom. The van der Waals surface area contributed by atoms with Crippen molar-refractivity contribution in [2.75, 3.05) is 5.73 Å². The van der Waals surface area contributed by atoms with Gasteiger partial charge in [0.05, 0.1) is 12.2 Å². The summed E-state index contributed by atoms with van der Waals surface area (Å²) in [7, 11) is -11.0. The molecule has 7 N–H and O–H groups in total. The molecule has 1 heterocycles. The molecule has 0 bridgehead atoms. The molecule has 0 atom stereocenters. The molecular weight excluding hydrogens is 374 g/mol. The lowest BCUT2D eigenvalue weighted by Crippen LogP contribution is -2.29. The number of aliphatic hydroxyl groups is 1. The Bertz CT molecular complexity index is 821. The summed E-state index contributed by atoms with van der Waals surface area (Å²) in [6, 6.07) is 7.05. The number of hydrogen-bond donors (Lipinski definition) is 6. The second-order valence-corrected chi connectivity index (χ2v) is 9.52. The number of aryl methyl sites for hydroxylation is 1. The SMILES string of the molecule is Nc1cccc(Cn2cc(CCC(O)(P(=O)(O)O)P(=O)(O)O)nn2)c1. The van der Waals surface area contributed by atoms with Crippen LogP contribution < -0.4 is 5.73 Å². The lowest BCUT2D eigenvalue weighted by Gasteiger charge is -2.28. The summed E-state index contributed by atoms with van der Waals surface area (Å²) in [6.45, 7) is 0.333. The molecule has 1 aromatic carbocycles. The molecule has 138 valence electrons. The van der Waals surface area contributed by atoms with Crippen LogP contribution in [0.5, 0.6) is 0 Å². The van der Waals surface area contributed by atoms with Crippen LogP contribution in [0.15, 0.2) is 30.5 Å². The van der Waals surface area contributed by atoms with Gasteiger partial charge in [0, 0.05) is 18.3 Å². The third-order valence-corrected chi connectivity index (χ3v) is 7.41. The quantitative estimate of drug-likeness (QED) is 0.272. The molecule has 11 nitrogen and oxygen atoms in total. The maximum Gasteiger partial charge on any atom is 0.369 e. The Kier molecular flexibility index (Phi) is 5.50. The van der Waals surface area contributed by atoms with Crippen molar-refractivity contribution in [3.8, 4) is 0 Å². The first kappa shape index (κ1) is 19.7. The Balaban J connectivity index is 2.10. The number of hydrogen-bond acceptors (Lipinski definition) is 6. The van der Waals surface area contributed by atoms with E-state index in [1.54, 1.807) is 18.2 Å². The van der Waals surface area contributed by atoms with Crippen molar-refractivity contribution in [3.05, 3.63) is 41.7 Å². The minimum atomic E-state index is -5.48. The monoisotopic (exact) mass is 392 g/mol. The van der Waals surface area contributed by atoms with Crippen LogP contribution in [-0.2, 0) is 22.1 Å². The van der Waals surface area contributed by atoms with Crippen molar-refractivity contribution < 1.29 is 33.8 Å². The highest BCUT2D eigenvalue weighted by atomic mass is 31.2. The predicted octanol–water partition coefficient (Wildman–Crippen LogP) is -0.157. The van der Waals surface area contributed by atoms with Crippen LogP contribution in [0.25, 0.3) is 0 Å². The van der Waals surface area contributed by atoms with E-state index in [0.717, 1.165) is 5.56 Å². The minimum absolute atomic E-state index is 0.212. The second kappa shape index (κ2) is 6.97. The molecule has 0 aliphatic carbocycles. The summed E-state index contributed by atoms with van der Waals surface area (Å²) in [5, 5.41) is 14.0. The van der Waals surface area contributed by atoms with Crippen LogP contribution in [0.3, 0.4) is 0 Å². The molecule has 1 aromatic heterocycles. The van der Waals surface area contributed by atoms with Crippen LogP contribution in [0.4, 0.5) is 5.69 Å². The molecule has 0 amide bonds. The van der Waals surface area contributed by atoms with Crippen LogP contribution in [0.2, 0.25) is 0 Å². The van der Waals surface area contributed by atoms with Gasteiger partial charge in [-0.3, -0.25) is 9.13 Å². The van der Waals surface area contributed by atoms with E-state index in [1.807, 2.05) is 6.07 Å². The number of nitrogens with zero attached hydrogens (tertiary/aromatic N) is 3. The highest BCUT2D eigenvalue weighted by Crippen LogP contribution is 2.69. The van der Waals surface area contributed by atoms with Gasteiger partial charge in [0.2, 0.25) is 0 Å². The van der Waals surface area contributed by atoms with Crippen molar-refractivity contribution >= 4 is 20.9 Å². The molecule has 25 heavy (non-hydrogen) atoms. The summed E-state index contributed by atoms with van der Waals surface area (Å²) >= 11 is 0. The first-order chi connectivity index (χ1) is 11.4. The Hall–Kier alpha value is -1.58. The fourth-order valence-corrected chi connectivity index (χ4v) is 4.33. The molecule has 0 unspecified atom stereocenters. The van der Waals surface area contributed by atoms with Gasteiger partial charge in [-0.1, -0.05) is 17.3 Å². The summed E-state index contributed by atoms with van der Waals surface area (Å²) in [6.07, 6.45) is 0.283. The number of aromatic nitrogens is 3. The van der Waals surface area contributed by atoms with E-state index in [-0.39, 0.29) is 12.1 Å². The first-order valence-electron chi connectivity index (χ1n) is 6.99. The maximum absolute atomic E-state index is 11.3. The third kappa shape index (κ3) is 4.53. The largest absolute Gasteiger partial charge is 0.399 e. The molecule has 13 heteroatoms. The highest BCUT2D eigenvalue weighted by Gasteiger charge is 2.58. The standard InChI is InChI=1S/C12H18N4O7P2/c13-10-3-1-2-9(6-10)7-16-8-11(14-15-16)4-5-12(17,24(18,19)20)25(21,22)23/h1-3,6,8,17H,4-5,7,13H2,(H2,18,19,20)(H2,21,22,23). The topological polar surface area (TPSA) is 192 Å². The van der Waals surface area contributed by atoms with E-state index in [1.165, 1.54) is 10.9 Å². The van der Waals surface area contributed by atoms with E-state index in [2.05, 4.69) is 10.3 Å². The molecule has 0 spiro atoms. The van der Waals surface area contributed by atoms with Gasteiger partial charge in [-0.25, -0.2) is 4.68 Å². The number of benzene rings is 1. The van der Waals surface area contributed by atoms with Crippen LogP contribution in [0.1, 0.15) is 17.7 Å². The summed E-state index contributed by atoms with van der Waals surface area (Å²) in [5.41, 5.74) is 7.31. The van der Waals surface area contributed by atoms with Gasteiger partial charge in [0.1, 0.15) is 0 Å². The molecule has 2 rings (SSSR count). The maximum atomic E-state index is 11.3. The smallest absolute Gasteiger partial charge is 0.369 e. The highest BCUT2D eigenvalue weighted by molar-refractivity contribution is 7.72. The van der Waals surface area contributed by atoms with E-state index in [4.69, 9.17) is 25.3 Å². The van der Waals surface area contributed by atoms with Crippen molar-refractivity contribution in [2.24, 2.45) is 0 Å². The zero-order chi connectivity index (χ0) is 18.9. The van der Waals surface area contributed by atoms with E-state index < -0.39 is 26.7 Å². The lowest BCUT2D eigenvalue weighted by molar-refractivity contribution is 0.123. The predicted molar refractivity (Wildman–Crippen MR) is 87.3 cm³/mol. The number of anilines is 1. The lowest BCUT2D eigenvalue weighted by atomic mass is 10.2. The van der Waals surface area contributed by atoms with Crippen LogP contribution in [0, 0.1) is 0 Å². The molecule has 0 radical (unpaired) electrons. The van der Waals surface area contributed by atoms with Gasteiger partial charge in [-0.05, 0) is 24.1 Å². The number of nitrogens with two attached hydrogens (primary N) is 1. The van der Waals surface area contributed by atoms with Crippen molar-refractivity contribution in [2.45, 2.75) is 24.5 Å². The zero-order valence-electron chi connectivity index (χ0n) is 12.9. The fourth-order valence-electron chi connectivity index (χ4n) is 2.17. The average molecular weight is 392 g/mol. The van der Waals surface area contributed by atoms with Crippen LogP contribution >= 0.6 is 15.2 Å². The molecule has 2 aromatic rings. The second-order valence-electron chi connectivity index (χ2n) is 5.51. The molecular formula is C12H18N4O7P2. The Morgan fingerprint density at radius 2 is 1.80 bits per heavy atom. The zero-order valence-corrected chi connectivity index (χ0v) is 14.7. The Labute approximate surface area is 142 Å². The Morgan fingerprint density at radius 3 is 2.36 bits per heavy atom. The van der Waals surface area contributed by atoms with Gasteiger partial charge in [0.15, 0.2) is 0 Å². The van der Waals surface area contributed by atoms with Gasteiger partial charge in [-0.15, -0.1) is 5.10 Å². The normalized spacial score (nSPS) is 13.2. The summed E-state index contributed by atoms with van der Waals surface area (Å²) < 4.78 is 24.0. The van der Waals surface area contributed by atoms with Gasteiger partial charge in [-0.2, -0.15) is 0 Å². The summed E-state index contributed by atoms with van der Waals surface area (Å²) in [5.74, 6) is 0. The van der Waals surface area contributed by atoms with Crippen molar-refractivity contribution in [3.63, 3.8) is 0 Å². The first-order valence-corrected chi connectivity index (χ1v) is 10.2. The van der Waals surface area contributed by atoms with Crippen molar-refractivity contribution in [1.82, 2.24) is 15.0 Å². The van der Waals surface area contributed by atoms with Gasteiger partial charge < -0.3 is 30.4 Å². The van der Waals surface area contributed by atoms with E-state index in [0.29, 0.717) is 12.2 Å². The van der Waals surface area contributed by atoms with Crippen molar-refractivity contribution in [1.29, 1.82) is 0 Å². The molecule has 0 aliphatic rings. The average Bonchev–Trinajstić information content (AvgIpc) is 2.90. The molecule has 0 fully saturated rings. The number of nitrogen functional groups attached to an aromatic ring is 1. The number of rotatable bonds is 7. The van der Waals surface area contributed by atoms with Crippen LogP contribution in [-0.4, -0.2) is 44.8 Å². The molecule has 0 saturated heterocycles. The molecule has 0 aliphatic heterocycles. The van der Waals surface area contributed by atoms with Gasteiger partial charge >= 0.3 is 15.2 Å². The van der Waals surface area contributed by atoms with E-state index >= 15 is 0 Å².